The second kappa shape index (κ2) is 2.99. The highest BCUT2D eigenvalue weighted by Gasteiger charge is 2.15. The first kappa shape index (κ1) is 6.78. The molecule has 2 unspecified atom stereocenters. The molecule has 1 nitrogen and oxygen atoms in total. The van der Waals surface area contributed by atoms with Crippen molar-refractivity contribution in [2.24, 2.45) is 0 Å². The molecular formula is C5H10OS2. The van der Waals surface area contributed by atoms with Gasteiger partial charge in [0.25, 0.3) is 0 Å². The predicted molar refractivity (Wildman–Crippen MR) is 40.7 cm³/mol. The van der Waals surface area contributed by atoms with Crippen LogP contribution in [-0.2, 0) is 4.74 Å². The van der Waals surface area contributed by atoms with Crippen molar-refractivity contribution in [3.05, 3.63) is 0 Å². The summed E-state index contributed by atoms with van der Waals surface area (Å²) in [4.78, 5) is 0. The number of thiol groups is 2. The minimum atomic E-state index is 0.131. The lowest BCUT2D eigenvalue weighted by Crippen LogP contribution is -2.21. The lowest BCUT2D eigenvalue weighted by atomic mass is 10.2. The minimum Gasteiger partial charge on any atom is -0.368 e. The molecule has 2 atom stereocenters. The van der Waals surface area contributed by atoms with Crippen molar-refractivity contribution in [1.82, 2.24) is 0 Å². The van der Waals surface area contributed by atoms with Gasteiger partial charge in [0.1, 0.15) is 5.44 Å². The second-order valence-electron chi connectivity index (χ2n) is 2.00. The fourth-order valence-electron chi connectivity index (χ4n) is 0.759. The van der Waals surface area contributed by atoms with Crippen LogP contribution in [0.15, 0.2) is 0 Å². The van der Waals surface area contributed by atoms with Gasteiger partial charge >= 0.3 is 0 Å². The summed E-state index contributed by atoms with van der Waals surface area (Å²) in [6, 6.07) is 0. The molecule has 0 aromatic heterocycles. The third-order valence-corrected chi connectivity index (χ3v) is 2.06. The third-order valence-electron chi connectivity index (χ3n) is 1.24. The van der Waals surface area contributed by atoms with Gasteiger partial charge in [0, 0.05) is 11.9 Å². The summed E-state index contributed by atoms with van der Waals surface area (Å²) in [5.74, 6) is 0. The van der Waals surface area contributed by atoms with Crippen LogP contribution in [0.5, 0.6) is 0 Å². The summed E-state index contributed by atoms with van der Waals surface area (Å²) in [6.07, 6.45) is 2.05. The van der Waals surface area contributed by atoms with E-state index in [0.717, 1.165) is 19.4 Å². The molecule has 0 N–H and O–H groups in total. The Kier molecular flexibility index (Phi) is 2.53. The van der Waals surface area contributed by atoms with Gasteiger partial charge in [-0.1, -0.05) is 0 Å². The zero-order valence-corrected chi connectivity index (χ0v) is 6.37. The fourth-order valence-corrected chi connectivity index (χ4v) is 1.58. The van der Waals surface area contributed by atoms with E-state index in [9.17, 15) is 0 Å². The SMILES string of the molecule is SC1CCOC(S)C1. The molecule has 1 rings (SSSR count). The second-order valence-corrected chi connectivity index (χ2v) is 3.31. The van der Waals surface area contributed by atoms with Crippen molar-refractivity contribution >= 4 is 25.3 Å². The van der Waals surface area contributed by atoms with Crippen LogP contribution in [0.4, 0.5) is 0 Å². The summed E-state index contributed by atoms with van der Waals surface area (Å²) in [6.45, 7) is 0.822. The lowest BCUT2D eigenvalue weighted by molar-refractivity contribution is 0.0776. The largest absolute Gasteiger partial charge is 0.368 e. The van der Waals surface area contributed by atoms with Gasteiger partial charge in [-0.25, -0.2) is 0 Å². The Morgan fingerprint density at radius 3 is 2.50 bits per heavy atom. The van der Waals surface area contributed by atoms with Gasteiger partial charge in [0.15, 0.2) is 0 Å². The molecular weight excluding hydrogens is 140 g/mol. The van der Waals surface area contributed by atoms with Crippen LogP contribution in [0.1, 0.15) is 12.8 Å². The van der Waals surface area contributed by atoms with E-state index in [-0.39, 0.29) is 5.44 Å². The molecule has 0 saturated carbocycles. The van der Waals surface area contributed by atoms with Crippen LogP contribution in [-0.4, -0.2) is 17.3 Å². The molecule has 0 radical (unpaired) electrons. The van der Waals surface area contributed by atoms with Gasteiger partial charge < -0.3 is 4.74 Å². The first-order valence-corrected chi connectivity index (χ1v) is 3.80. The van der Waals surface area contributed by atoms with Gasteiger partial charge in [0.05, 0.1) is 0 Å². The number of hydrogen-bond acceptors (Lipinski definition) is 3. The Morgan fingerprint density at radius 1 is 1.38 bits per heavy atom. The van der Waals surface area contributed by atoms with Gasteiger partial charge in [-0.15, -0.1) is 12.6 Å². The van der Waals surface area contributed by atoms with E-state index in [0.29, 0.717) is 5.25 Å². The third kappa shape index (κ3) is 1.88. The number of ether oxygens (including phenoxy) is 1. The first-order valence-electron chi connectivity index (χ1n) is 2.77. The van der Waals surface area contributed by atoms with Crippen LogP contribution in [0.3, 0.4) is 0 Å². The Hall–Kier alpha value is 0.660. The highest BCUT2D eigenvalue weighted by molar-refractivity contribution is 7.81. The summed E-state index contributed by atoms with van der Waals surface area (Å²) < 4.78 is 5.16. The zero-order valence-electron chi connectivity index (χ0n) is 4.58. The molecule has 1 heterocycles. The van der Waals surface area contributed by atoms with E-state index in [2.05, 4.69) is 25.3 Å². The summed E-state index contributed by atoms with van der Waals surface area (Å²) in [5.41, 5.74) is 0.131. The molecule has 0 amide bonds. The highest BCUT2D eigenvalue weighted by Crippen LogP contribution is 2.19. The molecule has 1 fully saturated rings. The smallest absolute Gasteiger partial charge is 0.101 e. The average molecular weight is 150 g/mol. The first-order chi connectivity index (χ1) is 3.79. The molecule has 1 aliphatic rings. The van der Waals surface area contributed by atoms with Crippen molar-refractivity contribution < 1.29 is 4.74 Å². The van der Waals surface area contributed by atoms with E-state index in [1.807, 2.05) is 0 Å². The normalized spacial score (nSPS) is 39.8. The van der Waals surface area contributed by atoms with Crippen molar-refractivity contribution in [1.29, 1.82) is 0 Å². The summed E-state index contributed by atoms with van der Waals surface area (Å²) >= 11 is 8.44. The van der Waals surface area contributed by atoms with Crippen LogP contribution in [0.25, 0.3) is 0 Å². The van der Waals surface area contributed by atoms with E-state index < -0.39 is 0 Å². The molecule has 0 aromatic carbocycles. The van der Waals surface area contributed by atoms with Gasteiger partial charge in [0.2, 0.25) is 0 Å². The molecule has 1 saturated heterocycles. The van der Waals surface area contributed by atoms with Gasteiger partial charge in [-0.3, -0.25) is 0 Å². The molecule has 1 aliphatic heterocycles. The quantitative estimate of drug-likeness (QED) is 0.496. The Balaban J connectivity index is 2.23. The van der Waals surface area contributed by atoms with Gasteiger partial charge in [-0.2, -0.15) is 12.6 Å². The highest BCUT2D eigenvalue weighted by atomic mass is 32.1. The Labute approximate surface area is 60.6 Å². The fraction of sp³-hybridized carbons (Fsp3) is 1.00. The van der Waals surface area contributed by atoms with E-state index >= 15 is 0 Å². The topological polar surface area (TPSA) is 9.23 Å². The maximum atomic E-state index is 5.16. The van der Waals surface area contributed by atoms with Gasteiger partial charge in [-0.05, 0) is 12.8 Å². The molecule has 48 valence electrons. The Bertz CT molecular complexity index is 68.8. The van der Waals surface area contributed by atoms with E-state index in [4.69, 9.17) is 4.74 Å². The van der Waals surface area contributed by atoms with E-state index in [1.54, 1.807) is 0 Å². The maximum absolute atomic E-state index is 5.16. The van der Waals surface area contributed by atoms with Crippen molar-refractivity contribution in [3.8, 4) is 0 Å². The van der Waals surface area contributed by atoms with E-state index in [1.165, 1.54) is 0 Å². The van der Waals surface area contributed by atoms with Crippen molar-refractivity contribution in [2.75, 3.05) is 6.61 Å². The van der Waals surface area contributed by atoms with Crippen LogP contribution >= 0.6 is 25.3 Å². The standard InChI is InChI=1S/C5H10OS2/c7-4-1-2-6-5(8)3-4/h4-5,7-8H,1-3H2. The summed E-state index contributed by atoms with van der Waals surface area (Å²) in [5, 5.41) is 0.506. The van der Waals surface area contributed by atoms with Crippen LogP contribution < -0.4 is 0 Å². The average Bonchev–Trinajstić information content (AvgIpc) is 1.64. The van der Waals surface area contributed by atoms with Crippen molar-refractivity contribution in [2.45, 2.75) is 23.5 Å². The molecule has 0 spiro atoms. The number of rotatable bonds is 0. The van der Waals surface area contributed by atoms with Crippen molar-refractivity contribution in [3.63, 3.8) is 0 Å². The lowest BCUT2D eigenvalue weighted by Gasteiger charge is -2.22. The molecule has 0 bridgehead atoms. The zero-order chi connectivity index (χ0) is 5.98. The molecule has 8 heavy (non-hydrogen) atoms. The van der Waals surface area contributed by atoms with Crippen LogP contribution in [0.2, 0.25) is 0 Å². The number of hydrogen-bond donors (Lipinski definition) is 2. The maximum Gasteiger partial charge on any atom is 0.101 e. The summed E-state index contributed by atoms with van der Waals surface area (Å²) in [7, 11) is 0. The molecule has 0 aliphatic carbocycles. The minimum absolute atomic E-state index is 0.131. The predicted octanol–water partition coefficient (Wildman–Crippen LogP) is 1.35. The molecule has 3 heteroatoms. The van der Waals surface area contributed by atoms with Crippen LogP contribution in [0, 0.1) is 0 Å². The monoisotopic (exact) mass is 150 g/mol. The molecule has 0 aromatic rings. The Morgan fingerprint density at radius 2 is 2.12 bits per heavy atom.